The van der Waals surface area contributed by atoms with E-state index in [9.17, 15) is 0 Å². The van der Waals surface area contributed by atoms with Gasteiger partial charge >= 0.3 is 0 Å². The molecule has 2 N–H and O–H groups in total. The molecule has 3 nitrogen and oxygen atoms in total. The number of hydrogen-bond acceptors (Lipinski definition) is 4. The molecule has 0 spiro atoms. The standard InChI is InChI=1S/C13H16BrN3S/c1-17(7-11-4-13(14)18-9-11)8-12-3-2-10(5-15)6-16-12/h2-4,6,9H,5,7-8,15H2,1H3. The highest BCUT2D eigenvalue weighted by Crippen LogP contribution is 2.21. The first kappa shape index (κ1) is 13.7. The summed E-state index contributed by atoms with van der Waals surface area (Å²) in [5.74, 6) is 0. The van der Waals surface area contributed by atoms with E-state index < -0.39 is 0 Å². The Balaban J connectivity index is 1.91. The molecule has 2 aromatic heterocycles. The van der Waals surface area contributed by atoms with Gasteiger partial charge in [0.1, 0.15) is 0 Å². The average Bonchev–Trinajstić information content (AvgIpc) is 2.75. The maximum Gasteiger partial charge on any atom is 0.0701 e. The average molecular weight is 326 g/mol. The van der Waals surface area contributed by atoms with Crippen molar-refractivity contribution in [2.45, 2.75) is 19.6 Å². The van der Waals surface area contributed by atoms with Crippen LogP contribution in [0.3, 0.4) is 0 Å². The van der Waals surface area contributed by atoms with Crippen LogP contribution in [0.25, 0.3) is 0 Å². The molecule has 0 aliphatic rings. The molecular formula is C13H16BrN3S. The molecular weight excluding hydrogens is 310 g/mol. The molecule has 0 aromatic carbocycles. The third-order valence-corrected chi connectivity index (χ3v) is 4.18. The van der Waals surface area contributed by atoms with E-state index in [2.05, 4.69) is 44.3 Å². The summed E-state index contributed by atoms with van der Waals surface area (Å²) < 4.78 is 1.18. The number of nitrogens with zero attached hydrogens (tertiary/aromatic N) is 2. The highest BCUT2D eigenvalue weighted by molar-refractivity contribution is 9.11. The predicted octanol–water partition coefficient (Wildman–Crippen LogP) is 3.00. The summed E-state index contributed by atoms with van der Waals surface area (Å²) in [6.07, 6.45) is 1.85. The lowest BCUT2D eigenvalue weighted by molar-refractivity contribution is 0.315. The molecule has 0 atom stereocenters. The fraction of sp³-hybridized carbons (Fsp3) is 0.308. The van der Waals surface area contributed by atoms with Crippen molar-refractivity contribution in [3.8, 4) is 0 Å². The van der Waals surface area contributed by atoms with Crippen LogP contribution in [0.15, 0.2) is 33.6 Å². The van der Waals surface area contributed by atoms with Crippen LogP contribution in [-0.4, -0.2) is 16.9 Å². The Kier molecular flexibility index (Phi) is 4.88. The molecule has 96 valence electrons. The van der Waals surface area contributed by atoms with Gasteiger partial charge in [-0.3, -0.25) is 9.88 Å². The number of rotatable bonds is 5. The van der Waals surface area contributed by atoms with E-state index in [4.69, 9.17) is 5.73 Å². The Morgan fingerprint density at radius 3 is 2.72 bits per heavy atom. The second kappa shape index (κ2) is 6.43. The summed E-state index contributed by atoms with van der Waals surface area (Å²) in [4.78, 5) is 6.66. The topological polar surface area (TPSA) is 42.1 Å². The van der Waals surface area contributed by atoms with Gasteiger partial charge in [0.15, 0.2) is 0 Å². The first-order valence-electron chi connectivity index (χ1n) is 5.72. The van der Waals surface area contributed by atoms with Gasteiger partial charge in [-0.25, -0.2) is 0 Å². The van der Waals surface area contributed by atoms with Crippen LogP contribution >= 0.6 is 27.3 Å². The van der Waals surface area contributed by atoms with Crippen LogP contribution in [0.4, 0.5) is 0 Å². The van der Waals surface area contributed by atoms with Gasteiger partial charge in [-0.1, -0.05) is 6.07 Å². The normalized spacial score (nSPS) is 11.1. The lowest BCUT2D eigenvalue weighted by Gasteiger charge is -2.15. The van der Waals surface area contributed by atoms with Crippen molar-refractivity contribution >= 4 is 27.3 Å². The van der Waals surface area contributed by atoms with E-state index in [1.54, 1.807) is 11.3 Å². The zero-order chi connectivity index (χ0) is 13.0. The fourth-order valence-corrected chi connectivity index (χ4v) is 2.94. The molecule has 0 aliphatic heterocycles. The van der Waals surface area contributed by atoms with Gasteiger partial charge in [0.2, 0.25) is 0 Å². The van der Waals surface area contributed by atoms with Crippen molar-refractivity contribution in [1.29, 1.82) is 0 Å². The maximum atomic E-state index is 5.55. The summed E-state index contributed by atoms with van der Waals surface area (Å²) in [5, 5.41) is 2.17. The molecule has 0 bridgehead atoms. The number of halogens is 1. The summed E-state index contributed by atoms with van der Waals surface area (Å²) in [6.45, 7) is 2.33. The largest absolute Gasteiger partial charge is 0.326 e. The van der Waals surface area contributed by atoms with Crippen LogP contribution in [0.5, 0.6) is 0 Å². The number of thiophene rings is 1. The highest BCUT2D eigenvalue weighted by atomic mass is 79.9. The molecule has 0 aliphatic carbocycles. The second-order valence-corrected chi connectivity index (χ2v) is 6.58. The van der Waals surface area contributed by atoms with Crippen molar-refractivity contribution in [3.63, 3.8) is 0 Å². The monoisotopic (exact) mass is 325 g/mol. The van der Waals surface area contributed by atoms with E-state index in [1.807, 2.05) is 18.3 Å². The summed E-state index contributed by atoms with van der Waals surface area (Å²) in [6, 6.07) is 6.24. The van der Waals surface area contributed by atoms with Gasteiger partial charge in [-0.2, -0.15) is 0 Å². The number of pyridine rings is 1. The summed E-state index contributed by atoms with van der Waals surface area (Å²) >= 11 is 5.20. The van der Waals surface area contributed by atoms with Crippen molar-refractivity contribution < 1.29 is 0 Å². The molecule has 0 amide bonds. The molecule has 0 radical (unpaired) electrons. The highest BCUT2D eigenvalue weighted by Gasteiger charge is 2.04. The second-order valence-electron chi connectivity index (χ2n) is 4.29. The first-order valence-corrected chi connectivity index (χ1v) is 7.40. The number of nitrogens with two attached hydrogens (primary N) is 1. The summed E-state index contributed by atoms with van der Waals surface area (Å²) in [5.41, 5.74) is 9.02. The minimum atomic E-state index is 0.548. The van der Waals surface area contributed by atoms with E-state index in [0.29, 0.717) is 6.54 Å². The van der Waals surface area contributed by atoms with Crippen molar-refractivity contribution in [2.24, 2.45) is 5.73 Å². The molecule has 2 aromatic rings. The predicted molar refractivity (Wildman–Crippen MR) is 79.3 cm³/mol. The molecule has 0 saturated heterocycles. The lowest BCUT2D eigenvalue weighted by Crippen LogP contribution is -2.17. The summed E-state index contributed by atoms with van der Waals surface area (Å²) in [7, 11) is 2.10. The third kappa shape index (κ3) is 3.88. The Morgan fingerprint density at radius 1 is 1.33 bits per heavy atom. The quantitative estimate of drug-likeness (QED) is 0.918. The number of aromatic nitrogens is 1. The minimum absolute atomic E-state index is 0.548. The molecule has 5 heteroatoms. The van der Waals surface area contributed by atoms with Gasteiger partial charge in [0, 0.05) is 25.8 Å². The molecule has 2 heterocycles. The Labute approximate surface area is 120 Å². The van der Waals surface area contributed by atoms with Gasteiger partial charge in [0.25, 0.3) is 0 Å². The SMILES string of the molecule is CN(Cc1csc(Br)c1)Cc1ccc(CN)cn1. The van der Waals surface area contributed by atoms with Gasteiger partial charge < -0.3 is 5.73 Å². The van der Waals surface area contributed by atoms with Gasteiger partial charge in [0.05, 0.1) is 9.48 Å². The zero-order valence-electron chi connectivity index (χ0n) is 10.3. The minimum Gasteiger partial charge on any atom is -0.326 e. The molecule has 2 rings (SSSR count). The Morgan fingerprint density at radius 2 is 2.17 bits per heavy atom. The van der Waals surface area contributed by atoms with Crippen LogP contribution in [0.1, 0.15) is 16.8 Å². The van der Waals surface area contributed by atoms with Crippen molar-refractivity contribution in [3.05, 3.63) is 50.4 Å². The Hall–Kier alpha value is -0.750. The molecule has 18 heavy (non-hydrogen) atoms. The van der Waals surface area contributed by atoms with Gasteiger partial charge in [-0.05, 0) is 51.6 Å². The smallest absolute Gasteiger partial charge is 0.0701 e. The molecule has 0 fully saturated rings. The van der Waals surface area contributed by atoms with Crippen LogP contribution in [-0.2, 0) is 19.6 Å². The maximum absolute atomic E-state index is 5.55. The third-order valence-electron chi connectivity index (χ3n) is 2.63. The zero-order valence-corrected chi connectivity index (χ0v) is 12.7. The lowest BCUT2D eigenvalue weighted by atomic mass is 10.2. The van der Waals surface area contributed by atoms with Crippen LogP contribution in [0.2, 0.25) is 0 Å². The van der Waals surface area contributed by atoms with E-state index in [1.165, 1.54) is 9.35 Å². The van der Waals surface area contributed by atoms with E-state index in [-0.39, 0.29) is 0 Å². The fourth-order valence-electron chi connectivity index (χ4n) is 1.74. The Bertz CT molecular complexity index is 495. The molecule has 0 unspecified atom stereocenters. The molecule has 0 saturated carbocycles. The van der Waals surface area contributed by atoms with Crippen molar-refractivity contribution in [2.75, 3.05) is 7.05 Å². The van der Waals surface area contributed by atoms with E-state index in [0.717, 1.165) is 24.3 Å². The van der Waals surface area contributed by atoms with Crippen LogP contribution in [0, 0.1) is 0 Å². The van der Waals surface area contributed by atoms with E-state index >= 15 is 0 Å². The first-order chi connectivity index (χ1) is 8.67. The van der Waals surface area contributed by atoms with Crippen LogP contribution < -0.4 is 5.73 Å². The van der Waals surface area contributed by atoms with Crippen molar-refractivity contribution in [1.82, 2.24) is 9.88 Å². The number of hydrogen-bond donors (Lipinski definition) is 1. The van der Waals surface area contributed by atoms with Gasteiger partial charge in [-0.15, -0.1) is 11.3 Å².